The highest BCUT2D eigenvalue weighted by Gasteiger charge is 2.26. The van der Waals surface area contributed by atoms with Gasteiger partial charge in [-0.05, 0) is 76.0 Å². The van der Waals surface area contributed by atoms with Gasteiger partial charge in [-0.15, -0.1) is 0 Å². The van der Waals surface area contributed by atoms with E-state index in [-0.39, 0.29) is 17.6 Å². The quantitative estimate of drug-likeness (QED) is 0.436. The van der Waals surface area contributed by atoms with Gasteiger partial charge in [0.2, 0.25) is 0 Å². The number of fused-ring (bicyclic) bond motifs is 1. The van der Waals surface area contributed by atoms with Crippen molar-refractivity contribution in [2.24, 2.45) is 0 Å². The van der Waals surface area contributed by atoms with Crippen LogP contribution in [0.4, 0.5) is 5.69 Å². The van der Waals surface area contributed by atoms with Crippen LogP contribution in [0.25, 0.3) is 11.6 Å². The SMILES string of the molecule is CCN(CC)CCNC(=O)c1c(C)[nH]c(/C=C2\C(=O)Nc3ccc(CCCC(C)=O)cc32)c1C. The third-order valence-electron chi connectivity index (χ3n) is 6.46. The van der Waals surface area contributed by atoms with E-state index in [9.17, 15) is 14.4 Å². The number of benzene rings is 1. The van der Waals surface area contributed by atoms with Gasteiger partial charge in [-0.2, -0.15) is 0 Å². The Morgan fingerprint density at radius 1 is 1.15 bits per heavy atom. The number of Topliss-reactive ketones (excluding diaryl/α,β-unsaturated/α-hetero) is 1. The summed E-state index contributed by atoms with van der Waals surface area (Å²) < 4.78 is 0. The first kappa shape index (κ1) is 25.4. The lowest BCUT2D eigenvalue weighted by Gasteiger charge is -2.18. The van der Waals surface area contributed by atoms with Crippen LogP contribution >= 0.6 is 0 Å². The number of aryl methyl sites for hydroxylation is 2. The van der Waals surface area contributed by atoms with E-state index in [2.05, 4.69) is 34.4 Å². The first-order valence-electron chi connectivity index (χ1n) is 12.1. The number of likely N-dealkylation sites (N-methyl/N-ethyl adjacent to an activating group) is 1. The molecule has 0 radical (unpaired) electrons. The largest absolute Gasteiger partial charge is 0.358 e. The molecule has 0 spiro atoms. The van der Waals surface area contributed by atoms with E-state index in [1.54, 1.807) is 6.92 Å². The van der Waals surface area contributed by atoms with Crippen molar-refractivity contribution in [2.45, 2.75) is 53.9 Å². The average Bonchev–Trinajstić information content (AvgIpc) is 3.25. The maximum atomic E-state index is 12.9. The van der Waals surface area contributed by atoms with Crippen LogP contribution in [0, 0.1) is 13.8 Å². The minimum Gasteiger partial charge on any atom is -0.358 e. The van der Waals surface area contributed by atoms with E-state index in [1.165, 1.54) is 0 Å². The summed E-state index contributed by atoms with van der Waals surface area (Å²) in [6.07, 6.45) is 3.95. The van der Waals surface area contributed by atoms with Crippen LogP contribution in [0.15, 0.2) is 18.2 Å². The molecule has 2 aromatic rings. The molecule has 2 heterocycles. The van der Waals surface area contributed by atoms with E-state index < -0.39 is 0 Å². The highest BCUT2D eigenvalue weighted by Crippen LogP contribution is 2.35. The topological polar surface area (TPSA) is 94.3 Å². The molecule has 1 aliphatic heterocycles. The van der Waals surface area contributed by atoms with Crippen molar-refractivity contribution < 1.29 is 14.4 Å². The van der Waals surface area contributed by atoms with Gasteiger partial charge in [0.1, 0.15) is 5.78 Å². The summed E-state index contributed by atoms with van der Waals surface area (Å²) in [5.41, 5.74) is 6.28. The molecule has 1 aromatic carbocycles. The number of hydrogen-bond acceptors (Lipinski definition) is 4. The molecule has 0 aliphatic carbocycles. The van der Waals surface area contributed by atoms with E-state index in [1.807, 2.05) is 38.1 Å². The Bertz CT molecular complexity index is 1110. The van der Waals surface area contributed by atoms with Gasteiger partial charge in [-0.1, -0.05) is 19.9 Å². The zero-order valence-electron chi connectivity index (χ0n) is 20.9. The summed E-state index contributed by atoms with van der Waals surface area (Å²) in [6, 6.07) is 5.93. The number of nitrogens with one attached hydrogen (secondary N) is 3. The molecule has 3 N–H and O–H groups in total. The molecule has 0 fully saturated rings. The Balaban J connectivity index is 1.81. The second-order valence-corrected chi connectivity index (χ2v) is 8.89. The molecular formula is C27H36N4O3. The van der Waals surface area contributed by atoms with E-state index in [0.717, 1.165) is 66.2 Å². The number of carbonyl (C=O) groups is 3. The number of ketones is 1. The number of amides is 2. The van der Waals surface area contributed by atoms with Crippen molar-refractivity contribution in [3.63, 3.8) is 0 Å². The van der Waals surface area contributed by atoms with E-state index in [0.29, 0.717) is 24.1 Å². The molecule has 0 bridgehead atoms. The van der Waals surface area contributed by atoms with Crippen LogP contribution in [-0.4, -0.2) is 53.7 Å². The van der Waals surface area contributed by atoms with Crippen molar-refractivity contribution in [1.82, 2.24) is 15.2 Å². The van der Waals surface area contributed by atoms with Gasteiger partial charge < -0.3 is 25.3 Å². The molecular weight excluding hydrogens is 428 g/mol. The van der Waals surface area contributed by atoms with Crippen molar-refractivity contribution in [3.05, 3.63) is 51.8 Å². The lowest BCUT2D eigenvalue weighted by molar-refractivity contribution is -0.117. The average molecular weight is 465 g/mol. The summed E-state index contributed by atoms with van der Waals surface area (Å²) in [7, 11) is 0. The molecule has 0 unspecified atom stereocenters. The van der Waals surface area contributed by atoms with Gasteiger partial charge in [0, 0.05) is 42.1 Å². The number of aromatic nitrogens is 1. The van der Waals surface area contributed by atoms with Crippen molar-refractivity contribution in [1.29, 1.82) is 0 Å². The number of anilines is 1. The summed E-state index contributed by atoms with van der Waals surface area (Å²) in [6.45, 7) is 12.9. The molecule has 1 aliphatic rings. The van der Waals surface area contributed by atoms with Crippen LogP contribution < -0.4 is 10.6 Å². The minimum atomic E-state index is -0.159. The summed E-state index contributed by atoms with van der Waals surface area (Å²) in [4.78, 5) is 42.4. The van der Waals surface area contributed by atoms with Crippen LogP contribution in [0.1, 0.15) is 72.0 Å². The lowest BCUT2D eigenvalue weighted by atomic mass is 9.99. The monoisotopic (exact) mass is 464 g/mol. The number of aromatic amines is 1. The Morgan fingerprint density at radius 2 is 1.88 bits per heavy atom. The third-order valence-corrected chi connectivity index (χ3v) is 6.46. The summed E-state index contributed by atoms with van der Waals surface area (Å²) in [5, 5.41) is 5.94. The Morgan fingerprint density at radius 3 is 2.56 bits per heavy atom. The minimum absolute atomic E-state index is 0.105. The van der Waals surface area contributed by atoms with Crippen LogP contribution in [0.2, 0.25) is 0 Å². The zero-order valence-corrected chi connectivity index (χ0v) is 20.9. The smallest absolute Gasteiger partial charge is 0.256 e. The van der Waals surface area contributed by atoms with Crippen molar-refractivity contribution in [3.8, 4) is 0 Å². The van der Waals surface area contributed by atoms with Crippen molar-refractivity contribution >= 4 is 34.9 Å². The number of H-pyrrole nitrogens is 1. The highest BCUT2D eigenvalue weighted by atomic mass is 16.2. The van der Waals surface area contributed by atoms with Crippen LogP contribution in [0.3, 0.4) is 0 Å². The predicted molar refractivity (Wildman–Crippen MR) is 137 cm³/mol. The Kier molecular flexibility index (Phi) is 8.45. The fourth-order valence-corrected chi connectivity index (χ4v) is 4.43. The number of carbonyl (C=O) groups excluding carboxylic acids is 3. The fourth-order valence-electron chi connectivity index (χ4n) is 4.43. The van der Waals surface area contributed by atoms with Gasteiger partial charge in [0.25, 0.3) is 11.8 Å². The van der Waals surface area contributed by atoms with Gasteiger partial charge in [0.15, 0.2) is 0 Å². The summed E-state index contributed by atoms with van der Waals surface area (Å²) in [5.74, 6) is -0.0797. The Labute approximate surface area is 202 Å². The molecule has 7 nitrogen and oxygen atoms in total. The van der Waals surface area contributed by atoms with Gasteiger partial charge in [-0.3, -0.25) is 9.59 Å². The van der Waals surface area contributed by atoms with Gasteiger partial charge >= 0.3 is 0 Å². The Hall–Kier alpha value is -3.19. The normalized spacial score (nSPS) is 13.9. The standard InChI is InChI=1S/C27H36N4O3/c1-6-31(7-2)14-13-28-27(34)25-18(4)24(29-19(25)5)16-22-21-15-20(10-8-9-17(3)32)11-12-23(21)30-26(22)33/h11-12,15-16,29H,6-10,13-14H2,1-5H3,(H,28,34)(H,30,33)/b22-16-. The molecule has 34 heavy (non-hydrogen) atoms. The molecule has 3 rings (SSSR count). The maximum absolute atomic E-state index is 12.9. The van der Waals surface area contributed by atoms with Gasteiger partial charge in [0.05, 0.1) is 11.1 Å². The second kappa shape index (κ2) is 11.3. The molecule has 1 aromatic heterocycles. The zero-order chi connectivity index (χ0) is 24.8. The van der Waals surface area contributed by atoms with Crippen LogP contribution in [0.5, 0.6) is 0 Å². The highest BCUT2D eigenvalue weighted by molar-refractivity contribution is 6.35. The molecule has 0 atom stereocenters. The molecule has 182 valence electrons. The summed E-state index contributed by atoms with van der Waals surface area (Å²) >= 11 is 0. The molecule has 7 heteroatoms. The molecule has 2 amide bonds. The molecule has 0 saturated heterocycles. The molecule has 0 saturated carbocycles. The fraction of sp³-hybridized carbons (Fsp3) is 0.444. The number of rotatable bonds is 11. The first-order chi connectivity index (χ1) is 16.2. The van der Waals surface area contributed by atoms with E-state index >= 15 is 0 Å². The maximum Gasteiger partial charge on any atom is 0.256 e. The first-order valence-corrected chi connectivity index (χ1v) is 12.1. The van der Waals surface area contributed by atoms with Crippen LogP contribution in [-0.2, 0) is 16.0 Å². The lowest BCUT2D eigenvalue weighted by Crippen LogP contribution is -2.35. The third kappa shape index (κ3) is 5.83. The number of nitrogens with zero attached hydrogens (tertiary/aromatic N) is 1. The van der Waals surface area contributed by atoms with E-state index in [4.69, 9.17) is 0 Å². The number of hydrogen-bond donors (Lipinski definition) is 3. The van der Waals surface area contributed by atoms with Crippen molar-refractivity contribution in [2.75, 3.05) is 31.5 Å². The van der Waals surface area contributed by atoms with Gasteiger partial charge in [-0.25, -0.2) is 0 Å². The second-order valence-electron chi connectivity index (χ2n) is 8.89. The predicted octanol–water partition coefficient (Wildman–Crippen LogP) is 4.11.